The lowest BCUT2D eigenvalue weighted by atomic mass is 9.95. The van der Waals surface area contributed by atoms with E-state index in [-0.39, 0.29) is 17.9 Å². The summed E-state index contributed by atoms with van der Waals surface area (Å²) in [5.74, 6) is -0.649. The summed E-state index contributed by atoms with van der Waals surface area (Å²) in [4.78, 5) is 26.8. The average Bonchev–Trinajstić information content (AvgIpc) is 2.98. The fourth-order valence-electron chi connectivity index (χ4n) is 3.33. The number of Topliss-reactive ketones (excluding diaryl/α,β-unsaturated/α-hetero) is 1. The highest BCUT2D eigenvalue weighted by molar-refractivity contribution is 6.46. The molecule has 0 unspecified atom stereocenters. The topological polar surface area (TPSA) is 76.1 Å². The van der Waals surface area contributed by atoms with Crippen LogP contribution in [0.1, 0.15) is 17.2 Å². The number of carbonyl (C=O) groups excluding carboxylic acids is 2. The second kappa shape index (κ2) is 8.00. The maximum absolute atomic E-state index is 12.8. The summed E-state index contributed by atoms with van der Waals surface area (Å²) in [6, 6.07) is 13.0. The molecule has 0 aromatic heterocycles. The first kappa shape index (κ1) is 19.2. The standard InChI is InChI=1S/C22H21NO5/c1-4-12-23-19(15-10-11-16(27-2)17(13-15)28-3)18(21(25)22(23)26)20(24)14-8-6-5-7-9-14/h4-11,13,19,24H,1,12H2,2-3H3/b20-18+/t19-/m0/s1. The molecule has 6 heteroatoms. The van der Waals surface area contributed by atoms with E-state index in [0.717, 1.165) is 0 Å². The molecule has 2 aromatic carbocycles. The van der Waals surface area contributed by atoms with Gasteiger partial charge in [-0.05, 0) is 17.7 Å². The van der Waals surface area contributed by atoms with Crippen molar-refractivity contribution in [1.29, 1.82) is 0 Å². The molecular formula is C22H21NO5. The lowest BCUT2D eigenvalue weighted by molar-refractivity contribution is -0.139. The highest BCUT2D eigenvalue weighted by Gasteiger charge is 2.45. The molecule has 0 saturated carbocycles. The Bertz CT molecular complexity index is 949. The van der Waals surface area contributed by atoms with E-state index < -0.39 is 17.7 Å². The zero-order valence-electron chi connectivity index (χ0n) is 15.7. The molecule has 2 aromatic rings. The van der Waals surface area contributed by atoms with Gasteiger partial charge in [-0.3, -0.25) is 9.59 Å². The quantitative estimate of drug-likeness (QED) is 0.361. The van der Waals surface area contributed by atoms with E-state index in [0.29, 0.717) is 22.6 Å². The summed E-state index contributed by atoms with van der Waals surface area (Å²) in [5, 5.41) is 10.9. The van der Waals surface area contributed by atoms with Crippen LogP contribution >= 0.6 is 0 Å². The molecule has 1 aliphatic heterocycles. The fourth-order valence-corrected chi connectivity index (χ4v) is 3.33. The van der Waals surface area contributed by atoms with E-state index in [1.54, 1.807) is 54.6 Å². The smallest absolute Gasteiger partial charge is 0.295 e. The average molecular weight is 379 g/mol. The van der Waals surface area contributed by atoms with Gasteiger partial charge in [0.1, 0.15) is 5.76 Å². The highest BCUT2D eigenvalue weighted by atomic mass is 16.5. The van der Waals surface area contributed by atoms with E-state index in [1.807, 2.05) is 0 Å². The summed E-state index contributed by atoms with van der Waals surface area (Å²) >= 11 is 0. The molecule has 1 amide bonds. The number of benzene rings is 2. The molecule has 6 nitrogen and oxygen atoms in total. The molecule has 1 fully saturated rings. The number of nitrogens with zero attached hydrogens (tertiary/aromatic N) is 1. The number of amides is 1. The van der Waals surface area contributed by atoms with Crippen molar-refractivity contribution < 1.29 is 24.2 Å². The third-order valence-corrected chi connectivity index (χ3v) is 4.64. The Balaban J connectivity index is 2.21. The van der Waals surface area contributed by atoms with Crippen molar-refractivity contribution in [2.24, 2.45) is 0 Å². The van der Waals surface area contributed by atoms with Gasteiger partial charge in [0.25, 0.3) is 11.7 Å². The minimum Gasteiger partial charge on any atom is -0.507 e. The minimum atomic E-state index is -0.766. The monoisotopic (exact) mass is 379 g/mol. The van der Waals surface area contributed by atoms with Gasteiger partial charge in [-0.25, -0.2) is 0 Å². The van der Waals surface area contributed by atoms with Crippen LogP contribution in [-0.4, -0.2) is 42.5 Å². The summed E-state index contributed by atoms with van der Waals surface area (Å²) in [6.07, 6.45) is 1.54. The summed E-state index contributed by atoms with van der Waals surface area (Å²) < 4.78 is 10.6. The van der Waals surface area contributed by atoms with Crippen LogP contribution in [-0.2, 0) is 9.59 Å². The minimum absolute atomic E-state index is 0.0327. The van der Waals surface area contributed by atoms with Crippen LogP contribution in [0.3, 0.4) is 0 Å². The number of methoxy groups -OCH3 is 2. The Morgan fingerprint density at radius 1 is 1.11 bits per heavy atom. The first-order valence-corrected chi connectivity index (χ1v) is 8.70. The van der Waals surface area contributed by atoms with E-state index in [4.69, 9.17) is 9.47 Å². The van der Waals surface area contributed by atoms with Gasteiger partial charge in [-0.15, -0.1) is 6.58 Å². The van der Waals surface area contributed by atoms with Crippen molar-refractivity contribution in [2.75, 3.05) is 20.8 Å². The lowest BCUT2D eigenvalue weighted by Crippen LogP contribution is -2.29. The molecule has 3 rings (SSSR count). The number of ketones is 1. The molecule has 1 aliphatic rings. The van der Waals surface area contributed by atoms with Gasteiger partial charge in [0, 0.05) is 12.1 Å². The maximum Gasteiger partial charge on any atom is 0.295 e. The molecule has 1 saturated heterocycles. The second-order valence-electron chi connectivity index (χ2n) is 6.22. The third kappa shape index (κ3) is 3.24. The number of aliphatic hydroxyl groups excluding tert-OH is 1. The third-order valence-electron chi connectivity index (χ3n) is 4.64. The second-order valence-corrected chi connectivity index (χ2v) is 6.22. The molecule has 0 aliphatic carbocycles. The van der Waals surface area contributed by atoms with Crippen molar-refractivity contribution in [2.45, 2.75) is 6.04 Å². The Hall–Kier alpha value is -3.54. The van der Waals surface area contributed by atoms with Crippen LogP contribution in [0.4, 0.5) is 0 Å². The molecule has 0 radical (unpaired) electrons. The largest absolute Gasteiger partial charge is 0.507 e. The lowest BCUT2D eigenvalue weighted by Gasteiger charge is -2.24. The molecule has 1 atom stereocenters. The van der Waals surface area contributed by atoms with Crippen molar-refractivity contribution in [3.8, 4) is 11.5 Å². The Morgan fingerprint density at radius 3 is 2.39 bits per heavy atom. The van der Waals surface area contributed by atoms with Gasteiger partial charge in [0.15, 0.2) is 11.5 Å². The van der Waals surface area contributed by atoms with E-state index in [1.165, 1.54) is 19.1 Å². The van der Waals surface area contributed by atoms with Crippen molar-refractivity contribution in [3.05, 3.63) is 77.9 Å². The first-order valence-electron chi connectivity index (χ1n) is 8.70. The number of ether oxygens (including phenoxy) is 2. The van der Waals surface area contributed by atoms with Gasteiger partial charge in [0.05, 0.1) is 25.8 Å². The predicted octanol–water partition coefficient (Wildman–Crippen LogP) is 3.31. The SMILES string of the molecule is C=CCN1C(=O)C(=O)/C(=C(/O)c2ccccc2)[C@@H]1c1ccc(OC)c(OC)c1. The first-order chi connectivity index (χ1) is 13.5. The van der Waals surface area contributed by atoms with Crippen LogP contribution in [0.2, 0.25) is 0 Å². The zero-order valence-corrected chi connectivity index (χ0v) is 15.7. The van der Waals surface area contributed by atoms with E-state index >= 15 is 0 Å². The predicted molar refractivity (Wildman–Crippen MR) is 105 cm³/mol. The summed E-state index contributed by atoms with van der Waals surface area (Å²) in [7, 11) is 3.03. The van der Waals surface area contributed by atoms with E-state index in [9.17, 15) is 14.7 Å². The van der Waals surface area contributed by atoms with Crippen molar-refractivity contribution >= 4 is 17.4 Å². The van der Waals surface area contributed by atoms with Gasteiger partial charge in [-0.2, -0.15) is 0 Å². The molecule has 1 N–H and O–H groups in total. The van der Waals surface area contributed by atoms with Crippen LogP contribution in [0.25, 0.3) is 5.76 Å². The summed E-state index contributed by atoms with van der Waals surface area (Å²) in [5.41, 5.74) is 1.12. The number of hydrogen-bond donors (Lipinski definition) is 1. The fraction of sp³-hybridized carbons (Fsp3) is 0.182. The van der Waals surface area contributed by atoms with Crippen LogP contribution < -0.4 is 9.47 Å². The molecule has 0 bridgehead atoms. The molecule has 1 heterocycles. The number of carbonyl (C=O) groups is 2. The number of aliphatic hydroxyl groups is 1. The van der Waals surface area contributed by atoms with E-state index in [2.05, 4.69) is 6.58 Å². The summed E-state index contributed by atoms with van der Waals surface area (Å²) in [6.45, 7) is 3.83. The maximum atomic E-state index is 12.8. The molecular weight excluding hydrogens is 358 g/mol. The van der Waals surface area contributed by atoms with Crippen molar-refractivity contribution in [1.82, 2.24) is 4.90 Å². The van der Waals surface area contributed by atoms with Crippen molar-refractivity contribution in [3.63, 3.8) is 0 Å². The highest BCUT2D eigenvalue weighted by Crippen LogP contribution is 2.41. The number of hydrogen-bond acceptors (Lipinski definition) is 5. The molecule has 144 valence electrons. The molecule has 28 heavy (non-hydrogen) atoms. The van der Waals surface area contributed by atoms with Gasteiger partial charge in [0.2, 0.25) is 0 Å². The van der Waals surface area contributed by atoms with Gasteiger partial charge in [-0.1, -0.05) is 42.5 Å². The molecule has 0 spiro atoms. The zero-order chi connectivity index (χ0) is 20.3. The number of rotatable bonds is 6. The number of likely N-dealkylation sites (tertiary alicyclic amines) is 1. The van der Waals surface area contributed by atoms with Gasteiger partial charge < -0.3 is 19.5 Å². The Morgan fingerprint density at radius 2 is 1.79 bits per heavy atom. The van der Waals surface area contributed by atoms with Crippen LogP contribution in [0.5, 0.6) is 11.5 Å². The Labute approximate surface area is 163 Å². The normalized spacial score (nSPS) is 18.2. The Kier molecular flexibility index (Phi) is 5.49. The van der Waals surface area contributed by atoms with Crippen LogP contribution in [0.15, 0.2) is 66.8 Å². The van der Waals surface area contributed by atoms with Gasteiger partial charge >= 0.3 is 0 Å². The van der Waals surface area contributed by atoms with Crippen LogP contribution in [0, 0.1) is 0 Å².